The van der Waals surface area contributed by atoms with Crippen LogP contribution in [0.15, 0.2) is 36.4 Å². The third-order valence-electron chi connectivity index (χ3n) is 3.62. The Labute approximate surface area is 151 Å². The van der Waals surface area contributed by atoms with E-state index in [0.717, 1.165) is 16.5 Å². The van der Waals surface area contributed by atoms with E-state index in [0.29, 0.717) is 23.7 Å². The van der Waals surface area contributed by atoms with Crippen LogP contribution in [0.3, 0.4) is 0 Å². The number of nitrogens with one attached hydrogen (secondary N) is 2. The molecule has 0 spiro atoms. The van der Waals surface area contributed by atoms with Crippen LogP contribution in [0.1, 0.15) is 5.56 Å². The Bertz CT molecular complexity index is 755. The monoisotopic (exact) mass is 367 g/mol. The average molecular weight is 368 g/mol. The number of amides is 1. The van der Waals surface area contributed by atoms with Crippen molar-refractivity contribution in [1.29, 1.82) is 0 Å². The molecule has 7 heteroatoms. The molecular formula is C18H21ClFN2O3+. The van der Waals surface area contributed by atoms with Gasteiger partial charge in [0.1, 0.15) is 12.4 Å². The summed E-state index contributed by atoms with van der Waals surface area (Å²) >= 11 is 5.91. The molecule has 0 aliphatic rings. The maximum atomic E-state index is 13.0. The first kappa shape index (κ1) is 19.0. The van der Waals surface area contributed by atoms with Crippen molar-refractivity contribution in [3.05, 3.63) is 52.8 Å². The van der Waals surface area contributed by atoms with Crippen LogP contribution in [0.4, 0.5) is 10.1 Å². The number of quaternary nitrogens is 1. The summed E-state index contributed by atoms with van der Waals surface area (Å²) in [6.45, 7) is 0.868. The Morgan fingerprint density at radius 1 is 1.16 bits per heavy atom. The van der Waals surface area contributed by atoms with Crippen LogP contribution in [0.5, 0.6) is 11.5 Å². The van der Waals surface area contributed by atoms with Gasteiger partial charge in [0.05, 0.1) is 32.0 Å². The number of hydrogen-bond acceptors (Lipinski definition) is 3. The third kappa shape index (κ3) is 5.34. The van der Waals surface area contributed by atoms with E-state index in [9.17, 15) is 9.18 Å². The van der Waals surface area contributed by atoms with Gasteiger partial charge in [-0.25, -0.2) is 4.39 Å². The predicted molar refractivity (Wildman–Crippen MR) is 95.0 cm³/mol. The fourth-order valence-corrected chi connectivity index (χ4v) is 2.68. The molecule has 2 rings (SSSR count). The maximum absolute atomic E-state index is 13.0. The van der Waals surface area contributed by atoms with Gasteiger partial charge in [-0.15, -0.1) is 0 Å². The first-order chi connectivity index (χ1) is 11.9. The molecule has 1 unspecified atom stereocenters. The van der Waals surface area contributed by atoms with Crippen molar-refractivity contribution >= 4 is 23.2 Å². The van der Waals surface area contributed by atoms with Crippen molar-refractivity contribution in [2.45, 2.75) is 6.54 Å². The highest BCUT2D eigenvalue weighted by atomic mass is 35.5. The zero-order chi connectivity index (χ0) is 18.4. The smallest absolute Gasteiger partial charge is 0.279 e. The van der Waals surface area contributed by atoms with Gasteiger partial charge < -0.3 is 19.7 Å². The standard InChI is InChI=1S/C18H20ClFN2O3/c1-22(10-12-4-7-16(24-2)17(8-12)25-3)11-18(23)21-15-6-5-13(20)9-14(15)19/h4-9H,10-11H2,1-3H3,(H,21,23)/p+1. The molecule has 2 aromatic rings. The molecule has 2 aromatic carbocycles. The van der Waals surface area contributed by atoms with Gasteiger partial charge in [-0.05, 0) is 36.4 Å². The molecule has 2 N–H and O–H groups in total. The van der Waals surface area contributed by atoms with Crippen LogP contribution in [0.2, 0.25) is 5.02 Å². The van der Waals surface area contributed by atoms with Gasteiger partial charge in [0, 0.05) is 5.56 Å². The minimum Gasteiger partial charge on any atom is -0.493 e. The normalized spacial score (nSPS) is 11.7. The molecule has 134 valence electrons. The number of benzene rings is 2. The van der Waals surface area contributed by atoms with Crippen LogP contribution >= 0.6 is 11.6 Å². The summed E-state index contributed by atoms with van der Waals surface area (Å²) in [5.74, 6) is 0.661. The molecule has 0 aromatic heterocycles. The summed E-state index contributed by atoms with van der Waals surface area (Å²) < 4.78 is 23.5. The molecule has 0 fully saturated rings. The Hall–Kier alpha value is -2.31. The van der Waals surface area contributed by atoms with Gasteiger partial charge in [-0.3, -0.25) is 4.79 Å². The van der Waals surface area contributed by atoms with Gasteiger partial charge in [0.2, 0.25) is 0 Å². The minimum absolute atomic E-state index is 0.172. The molecule has 1 amide bonds. The van der Waals surface area contributed by atoms with Crippen molar-refractivity contribution in [3.8, 4) is 11.5 Å². The summed E-state index contributed by atoms with van der Waals surface area (Å²) in [6, 6.07) is 9.51. The third-order valence-corrected chi connectivity index (χ3v) is 3.93. The SMILES string of the molecule is COc1ccc(C[NH+](C)CC(=O)Nc2ccc(F)cc2Cl)cc1OC. The summed E-state index contributed by atoms with van der Waals surface area (Å²) in [4.78, 5) is 13.1. The number of ether oxygens (including phenoxy) is 2. The Morgan fingerprint density at radius 2 is 1.88 bits per heavy atom. The lowest BCUT2D eigenvalue weighted by atomic mass is 10.2. The molecule has 0 saturated carbocycles. The number of carbonyl (C=O) groups is 1. The van der Waals surface area contributed by atoms with Gasteiger partial charge in [-0.2, -0.15) is 0 Å². The topological polar surface area (TPSA) is 52.0 Å². The van der Waals surface area contributed by atoms with E-state index in [1.165, 1.54) is 12.1 Å². The number of likely N-dealkylation sites (N-methyl/N-ethyl adjacent to an activating group) is 1. The zero-order valence-corrected chi connectivity index (χ0v) is 15.1. The second-order valence-corrected chi connectivity index (χ2v) is 6.08. The summed E-state index contributed by atoms with van der Waals surface area (Å²) in [7, 11) is 5.07. The van der Waals surface area contributed by atoms with Crippen LogP contribution in [-0.4, -0.2) is 33.7 Å². The van der Waals surface area contributed by atoms with Crippen LogP contribution < -0.4 is 19.7 Å². The molecule has 0 aliphatic carbocycles. The van der Waals surface area contributed by atoms with Gasteiger partial charge in [0.25, 0.3) is 5.91 Å². The highest BCUT2D eigenvalue weighted by Gasteiger charge is 2.14. The molecule has 0 heterocycles. The van der Waals surface area contributed by atoms with E-state index >= 15 is 0 Å². The lowest BCUT2D eigenvalue weighted by molar-refractivity contribution is -0.885. The van der Waals surface area contributed by atoms with Gasteiger partial charge in [0.15, 0.2) is 18.0 Å². The van der Waals surface area contributed by atoms with Crippen molar-refractivity contribution in [1.82, 2.24) is 0 Å². The Morgan fingerprint density at radius 3 is 2.52 bits per heavy atom. The van der Waals surface area contributed by atoms with Crippen LogP contribution in [0, 0.1) is 5.82 Å². The van der Waals surface area contributed by atoms with Crippen molar-refractivity contribution in [2.24, 2.45) is 0 Å². The van der Waals surface area contributed by atoms with Crippen molar-refractivity contribution in [3.63, 3.8) is 0 Å². The Balaban J connectivity index is 1.95. The number of hydrogen-bond donors (Lipinski definition) is 2. The molecular weight excluding hydrogens is 347 g/mol. The lowest BCUT2D eigenvalue weighted by Gasteiger charge is -2.15. The van der Waals surface area contributed by atoms with Crippen molar-refractivity contribution < 1.29 is 23.6 Å². The zero-order valence-electron chi connectivity index (χ0n) is 14.4. The highest BCUT2D eigenvalue weighted by Crippen LogP contribution is 2.27. The molecule has 1 atom stereocenters. The number of methoxy groups -OCH3 is 2. The van der Waals surface area contributed by atoms with Gasteiger partial charge in [-0.1, -0.05) is 11.6 Å². The molecule has 0 aliphatic heterocycles. The van der Waals surface area contributed by atoms with Crippen LogP contribution in [-0.2, 0) is 11.3 Å². The first-order valence-electron chi connectivity index (χ1n) is 7.70. The van der Waals surface area contributed by atoms with Crippen molar-refractivity contribution in [2.75, 3.05) is 33.1 Å². The molecule has 0 radical (unpaired) electrons. The molecule has 0 bridgehead atoms. The van der Waals surface area contributed by atoms with Crippen LogP contribution in [0.25, 0.3) is 0 Å². The minimum atomic E-state index is -0.445. The summed E-state index contributed by atoms with van der Waals surface area (Å²) in [5, 5.41) is 2.86. The summed E-state index contributed by atoms with van der Waals surface area (Å²) in [6.07, 6.45) is 0. The largest absolute Gasteiger partial charge is 0.493 e. The number of rotatable bonds is 7. The van der Waals surface area contributed by atoms with E-state index in [1.807, 2.05) is 25.2 Å². The fourth-order valence-electron chi connectivity index (χ4n) is 2.46. The first-order valence-corrected chi connectivity index (χ1v) is 8.08. The second kappa shape index (κ2) is 8.69. The predicted octanol–water partition coefficient (Wildman–Crippen LogP) is 2.15. The number of halogens is 2. The maximum Gasteiger partial charge on any atom is 0.279 e. The molecule has 5 nitrogen and oxygen atoms in total. The quantitative estimate of drug-likeness (QED) is 0.788. The fraction of sp³-hybridized carbons (Fsp3) is 0.278. The highest BCUT2D eigenvalue weighted by molar-refractivity contribution is 6.33. The second-order valence-electron chi connectivity index (χ2n) is 5.67. The van der Waals surface area contributed by atoms with E-state index in [1.54, 1.807) is 14.2 Å². The van der Waals surface area contributed by atoms with Gasteiger partial charge >= 0.3 is 0 Å². The van der Waals surface area contributed by atoms with E-state index < -0.39 is 5.82 Å². The molecule has 25 heavy (non-hydrogen) atoms. The number of anilines is 1. The summed E-state index contributed by atoms with van der Waals surface area (Å²) in [5.41, 5.74) is 1.41. The van der Waals surface area contributed by atoms with E-state index in [2.05, 4.69) is 5.32 Å². The van der Waals surface area contributed by atoms with E-state index in [4.69, 9.17) is 21.1 Å². The lowest BCUT2D eigenvalue weighted by Crippen LogP contribution is -3.08. The molecule has 0 saturated heterocycles. The number of carbonyl (C=O) groups excluding carboxylic acids is 1. The Kier molecular flexibility index (Phi) is 6.61. The average Bonchev–Trinajstić information content (AvgIpc) is 2.57. The van der Waals surface area contributed by atoms with E-state index in [-0.39, 0.29) is 17.5 Å².